The summed E-state index contributed by atoms with van der Waals surface area (Å²) in [6.07, 6.45) is 3.67. The van der Waals surface area contributed by atoms with Crippen LogP contribution in [0.25, 0.3) is 10.2 Å². The Morgan fingerprint density at radius 1 is 1.43 bits per heavy atom. The van der Waals surface area contributed by atoms with Gasteiger partial charge in [0.25, 0.3) is 11.5 Å². The number of aryl methyl sites for hydroxylation is 2. The molecule has 1 aliphatic rings. The topological polar surface area (TPSA) is 73.2 Å². The third-order valence-corrected chi connectivity index (χ3v) is 5.36. The fourth-order valence-corrected chi connectivity index (χ4v) is 4.06. The average Bonchev–Trinajstić information content (AvgIpc) is 2.89. The van der Waals surface area contributed by atoms with E-state index in [0.29, 0.717) is 28.2 Å². The Kier molecular flexibility index (Phi) is 4.77. The zero-order valence-corrected chi connectivity index (χ0v) is 14.3. The molecule has 2 aromatic rings. The maximum Gasteiger partial charge on any atom is 0.262 e. The van der Waals surface area contributed by atoms with Gasteiger partial charge in [-0.05, 0) is 31.7 Å². The predicted octanol–water partition coefficient (Wildman–Crippen LogP) is 1.87. The monoisotopic (exact) mass is 335 g/mol. The maximum absolute atomic E-state index is 12.7. The van der Waals surface area contributed by atoms with Crippen LogP contribution in [0, 0.1) is 6.92 Å². The number of rotatable bonds is 5. The summed E-state index contributed by atoms with van der Waals surface area (Å²) in [7, 11) is 1.64. The van der Waals surface area contributed by atoms with Gasteiger partial charge in [0.2, 0.25) is 0 Å². The molecule has 3 heterocycles. The van der Waals surface area contributed by atoms with Crippen LogP contribution in [0.4, 0.5) is 0 Å². The zero-order valence-electron chi connectivity index (χ0n) is 13.5. The van der Waals surface area contributed by atoms with E-state index in [0.717, 1.165) is 43.6 Å². The molecule has 6 nitrogen and oxygen atoms in total. The number of methoxy groups -OCH3 is 1. The molecule has 0 saturated heterocycles. The largest absolute Gasteiger partial charge is 0.385 e. The predicted molar refractivity (Wildman–Crippen MR) is 90.4 cm³/mol. The van der Waals surface area contributed by atoms with E-state index in [4.69, 9.17) is 4.74 Å². The second-order valence-electron chi connectivity index (χ2n) is 5.78. The molecule has 2 aromatic heterocycles. The van der Waals surface area contributed by atoms with Crippen molar-refractivity contribution in [1.82, 2.24) is 14.9 Å². The molecule has 23 heavy (non-hydrogen) atoms. The van der Waals surface area contributed by atoms with E-state index in [9.17, 15) is 9.59 Å². The number of fused-ring (bicyclic) bond motifs is 2. The lowest BCUT2D eigenvalue weighted by Crippen LogP contribution is -2.28. The first-order chi connectivity index (χ1) is 11.1. The second-order valence-corrected chi connectivity index (χ2v) is 6.78. The molecular weight excluding hydrogens is 314 g/mol. The molecule has 0 aliphatic carbocycles. The van der Waals surface area contributed by atoms with Gasteiger partial charge in [0.1, 0.15) is 10.7 Å². The molecule has 0 radical (unpaired) electrons. The highest BCUT2D eigenvalue weighted by Gasteiger charge is 2.22. The van der Waals surface area contributed by atoms with Crippen molar-refractivity contribution in [2.45, 2.75) is 39.2 Å². The summed E-state index contributed by atoms with van der Waals surface area (Å²) in [4.78, 5) is 31.0. The van der Waals surface area contributed by atoms with Crippen LogP contribution in [0.2, 0.25) is 0 Å². The van der Waals surface area contributed by atoms with Crippen molar-refractivity contribution in [1.29, 1.82) is 0 Å². The highest BCUT2D eigenvalue weighted by Crippen LogP contribution is 2.28. The lowest BCUT2D eigenvalue weighted by atomic mass is 10.1. The van der Waals surface area contributed by atoms with Crippen molar-refractivity contribution >= 4 is 27.5 Å². The van der Waals surface area contributed by atoms with Gasteiger partial charge >= 0.3 is 0 Å². The van der Waals surface area contributed by atoms with Crippen LogP contribution in [0.5, 0.6) is 0 Å². The van der Waals surface area contributed by atoms with Crippen LogP contribution in [0.3, 0.4) is 0 Å². The number of ether oxygens (including phenoxy) is 1. The zero-order chi connectivity index (χ0) is 16.4. The Hall–Kier alpha value is -1.73. The Balaban J connectivity index is 1.94. The van der Waals surface area contributed by atoms with Crippen LogP contribution < -0.4 is 10.9 Å². The number of nitrogens with zero attached hydrogens (tertiary/aromatic N) is 2. The van der Waals surface area contributed by atoms with Crippen LogP contribution >= 0.6 is 11.3 Å². The Bertz CT molecular complexity index is 794. The Morgan fingerprint density at radius 2 is 2.26 bits per heavy atom. The Labute approximate surface area is 138 Å². The molecule has 0 fully saturated rings. The summed E-state index contributed by atoms with van der Waals surface area (Å²) in [6, 6.07) is 0. The van der Waals surface area contributed by atoms with Crippen LogP contribution in [0.1, 0.15) is 40.3 Å². The van der Waals surface area contributed by atoms with Crippen LogP contribution in [-0.2, 0) is 17.7 Å². The average molecular weight is 335 g/mol. The fourth-order valence-electron chi connectivity index (χ4n) is 2.95. The summed E-state index contributed by atoms with van der Waals surface area (Å²) in [6.45, 7) is 3.73. The number of thiophene rings is 1. The number of carbonyl (C=O) groups is 1. The number of aromatic nitrogens is 2. The van der Waals surface area contributed by atoms with Crippen molar-refractivity contribution in [2.75, 3.05) is 20.3 Å². The number of amides is 1. The molecule has 7 heteroatoms. The van der Waals surface area contributed by atoms with Gasteiger partial charge in [0.05, 0.1) is 10.3 Å². The molecule has 124 valence electrons. The quantitative estimate of drug-likeness (QED) is 0.847. The summed E-state index contributed by atoms with van der Waals surface area (Å²) in [5, 5.41) is 3.48. The summed E-state index contributed by atoms with van der Waals surface area (Å²) >= 11 is 1.32. The third kappa shape index (κ3) is 3.03. The van der Waals surface area contributed by atoms with Gasteiger partial charge in [-0.1, -0.05) is 0 Å². The number of nitrogens with one attached hydrogen (secondary N) is 1. The van der Waals surface area contributed by atoms with Crippen molar-refractivity contribution in [2.24, 2.45) is 0 Å². The molecular formula is C16H21N3O3S. The minimum atomic E-state index is -0.135. The highest BCUT2D eigenvalue weighted by atomic mass is 32.1. The molecule has 0 spiro atoms. The summed E-state index contributed by atoms with van der Waals surface area (Å²) in [5.41, 5.74) is 0.740. The van der Waals surface area contributed by atoms with Gasteiger partial charge in [-0.25, -0.2) is 4.98 Å². The first kappa shape index (κ1) is 16.1. The molecule has 0 atom stereocenters. The minimum Gasteiger partial charge on any atom is -0.385 e. The SMILES string of the molecule is COCCCNC(=O)c1sc2nc3n(c(=O)c2c1C)CCCC3. The highest BCUT2D eigenvalue weighted by molar-refractivity contribution is 7.20. The first-order valence-corrected chi connectivity index (χ1v) is 8.75. The number of hydrogen-bond acceptors (Lipinski definition) is 5. The molecule has 3 rings (SSSR count). The normalized spacial score (nSPS) is 14.0. The van der Waals surface area contributed by atoms with E-state index in [2.05, 4.69) is 10.3 Å². The third-order valence-electron chi connectivity index (χ3n) is 4.18. The van der Waals surface area contributed by atoms with Crippen LogP contribution in [0.15, 0.2) is 4.79 Å². The van der Waals surface area contributed by atoms with E-state index >= 15 is 0 Å². The van der Waals surface area contributed by atoms with E-state index in [1.807, 2.05) is 6.92 Å². The van der Waals surface area contributed by atoms with Crippen LogP contribution in [-0.4, -0.2) is 35.7 Å². The maximum atomic E-state index is 12.7. The van der Waals surface area contributed by atoms with Gasteiger partial charge in [0.15, 0.2) is 0 Å². The van der Waals surface area contributed by atoms with Gasteiger partial charge in [-0.3, -0.25) is 14.2 Å². The molecule has 1 aliphatic heterocycles. The first-order valence-electron chi connectivity index (χ1n) is 7.93. The van der Waals surface area contributed by atoms with Crippen molar-refractivity contribution in [3.05, 3.63) is 26.6 Å². The standard InChI is InChI=1S/C16H21N3O3S/c1-10-12-15(18-11-6-3-4-8-19(11)16(12)21)23-13(10)14(20)17-7-5-9-22-2/h3-9H2,1-2H3,(H,17,20). The minimum absolute atomic E-state index is 0.00289. The van der Waals surface area contributed by atoms with Crippen molar-refractivity contribution in [3.8, 4) is 0 Å². The van der Waals surface area contributed by atoms with Crippen molar-refractivity contribution in [3.63, 3.8) is 0 Å². The lowest BCUT2D eigenvalue weighted by molar-refractivity contribution is 0.0952. The van der Waals surface area contributed by atoms with E-state index in [1.54, 1.807) is 11.7 Å². The smallest absolute Gasteiger partial charge is 0.262 e. The summed E-state index contributed by atoms with van der Waals surface area (Å²) < 4.78 is 6.74. The van der Waals surface area contributed by atoms with Gasteiger partial charge in [-0.2, -0.15) is 0 Å². The number of carbonyl (C=O) groups excluding carboxylic acids is 1. The van der Waals surface area contributed by atoms with Gasteiger partial charge in [-0.15, -0.1) is 11.3 Å². The van der Waals surface area contributed by atoms with Crippen molar-refractivity contribution < 1.29 is 9.53 Å². The fraction of sp³-hybridized carbons (Fsp3) is 0.562. The van der Waals surface area contributed by atoms with Gasteiger partial charge < -0.3 is 10.1 Å². The number of hydrogen-bond donors (Lipinski definition) is 1. The lowest BCUT2D eigenvalue weighted by Gasteiger charge is -2.16. The molecule has 0 aromatic carbocycles. The molecule has 1 amide bonds. The summed E-state index contributed by atoms with van der Waals surface area (Å²) in [5.74, 6) is 0.714. The molecule has 1 N–H and O–H groups in total. The molecule has 0 saturated carbocycles. The second kappa shape index (κ2) is 6.80. The molecule has 0 bridgehead atoms. The van der Waals surface area contributed by atoms with E-state index in [-0.39, 0.29) is 11.5 Å². The van der Waals surface area contributed by atoms with Gasteiger partial charge in [0, 0.05) is 33.2 Å². The Morgan fingerprint density at radius 3 is 3.04 bits per heavy atom. The molecule has 0 unspecified atom stereocenters. The van der Waals surface area contributed by atoms with E-state index < -0.39 is 0 Å². The van der Waals surface area contributed by atoms with E-state index in [1.165, 1.54) is 11.3 Å².